The molecule has 2 heterocycles. The number of ether oxygens (including phenoxy) is 2. The van der Waals surface area contributed by atoms with Crippen LogP contribution in [0.5, 0.6) is 0 Å². The summed E-state index contributed by atoms with van der Waals surface area (Å²) in [6.45, 7) is -0.487. The molecule has 16 heteroatoms. The Morgan fingerprint density at radius 2 is 1.52 bits per heavy atom. The maximum Gasteiger partial charge on any atom is 0.407 e. The molecule has 1 N–H and O–H groups in total. The van der Waals surface area contributed by atoms with E-state index in [1.165, 1.54) is 53.4 Å². The predicted molar refractivity (Wildman–Crippen MR) is 139 cm³/mol. The summed E-state index contributed by atoms with van der Waals surface area (Å²) in [5.41, 5.74) is 0.775. The number of amides is 2. The Kier molecular flexibility index (Phi) is 8.76. The van der Waals surface area contributed by atoms with Gasteiger partial charge in [0.15, 0.2) is 6.04 Å². The summed E-state index contributed by atoms with van der Waals surface area (Å²) >= 11 is 4.86. The van der Waals surface area contributed by atoms with Crippen molar-refractivity contribution in [1.29, 1.82) is 0 Å². The molecule has 2 aliphatic heterocycles. The predicted octanol–water partition coefficient (Wildman–Crippen LogP) is 2.53. The fourth-order valence-electron chi connectivity index (χ4n) is 4.45. The number of benzene rings is 2. The Morgan fingerprint density at radius 3 is 2.02 bits per heavy atom. The average Bonchev–Trinajstić information content (AvgIpc) is 3.18. The molecule has 0 bridgehead atoms. The van der Waals surface area contributed by atoms with Gasteiger partial charge in [-0.05, 0) is 46.6 Å². The highest BCUT2D eigenvalue weighted by molar-refractivity contribution is 7.94. The van der Waals surface area contributed by atoms with Gasteiger partial charge in [0.2, 0.25) is 10.1 Å². The minimum absolute atomic E-state index is 0.0921. The number of halogens is 1. The van der Waals surface area contributed by atoms with Crippen LogP contribution in [0.2, 0.25) is 0 Å². The molecular formula is C24H23ClN4O10S. The number of hydrogen-bond donors (Lipinski definition) is 1. The molecule has 212 valence electrons. The van der Waals surface area contributed by atoms with E-state index in [-0.39, 0.29) is 61.7 Å². The highest BCUT2D eigenvalue weighted by atomic mass is 35.5. The lowest BCUT2D eigenvalue weighted by molar-refractivity contribution is -0.385. The van der Waals surface area contributed by atoms with Crippen molar-refractivity contribution in [2.75, 3.05) is 12.3 Å². The normalized spacial score (nSPS) is 22.1. The van der Waals surface area contributed by atoms with Gasteiger partial charge in [-0.1, -0.05) is 11.6 Å². The van der Waals surface area contributed by atoms with Crippen molar-refractivity contribution in [2.24, 2.45) is 0 Å². The second-order valence-electron chi connectivity index (χ2n) is 9.06. The van der Waals surface area contributed by atoms with Gasteiger partial charge < -0.3 is 24.2 Å². The lowest BCUT2D eigenvalue weighted by atomic mass is 10.0. The molecule has 0 aliphatic carbocycles. The minimum atomic E-state index is -1.89. The molecule has 2 fully saturated rings. The lowest BCUT2D eigenvalue weighted by Crippen LogP contribution is -2.59. The summed E-state index contributed by atoms with van der Waals surface area (Å²) in [7, 11) is 0. The largest absolute Gasteiger partial charge is 0.615 e. The van der Waals surface area contributed by atoms with E-state index in [1.807, 2.05) is 0 Å². The van der Waals surface area contributed by atoms with Gasteiger partial charge in [-0.25, -0.2) is 9.59 Å². The molecule has 4 atom stereocenters. The molecule has 0 aromatic heterocycles. The Bertz CT molecular complexity index is 1310. The van der Waals surface area contributed by atoms with E-state index in [0.29, 0.717) is 11.1 Å². The molecule has 2 aromatic carbocycles. The fraction of sp³-hybridized carbons (Fsp3) is 0.375. The van der Waals surface area contributed by atoms with E-state index in [2.05, 4.69) is 5.32 Å². The van der Waals surface area contributed by atoms with Crippen LogP contribution in [0.1, 0.15) is 24.0 Å². The number of esters is 1. The highest BCUT2D eigenvalue weighted by Gasteiger charge is 2.67. The third-order valence-corrected chi connectivity index (χ3v) is 9.10. The van der Waals surface area contributed by atoms with Crippen molar-refractivity contribution in [2.45, 2.75) is 42.3 Å². The molecule has 2 aromatic rings. The number of fused-ring (bicyclic) bond motifs is 1. The molecule has 40 heavy (non-hydrogen) atoms. The molecule has 2 saturated heterocycles. The van der Waals surface area contributed by atoms with Crippen molar-refractivity contribution < 1.29 is 38.3 Å². The second kappa shape index (κ2) is 12.1. The number of hydrogen-bond acceptors (Lipinski definition) is 10. The summed E-state index contributed by atoms with van der Waals surface area (Å²) < 4.78 is 22.0. The van der Waals surface area contributed by atoms with Crippen molar-refractivity contribution in [3.05, 3.63) is 79.9 Å². The lowest BCUT2D eigenvalue weighted by Gasteiger charge is -2.38. The van der Waals surface area contributed by atoms with Gasteiger partial charge in [0.1, 0.15) is 19.0 Å². The number of carbonyl (C=O) groups is 3. The van der Waals surface area contributed by atoms with Gasteiger partial charge in [-0.15, -0.1) is 0 Å². The average molecular weight is 595 g/mol. The Balaban J connectivity index is 1.30. The van der Waals surface area contributed by atoms with Crippen LogP contribution in [0.3, 0.4) is 0 Å². The van der Waals surface area contributed by atoms with Crippen LogP contribution in [0.15, 0.2) is 48.5 Å². The number of nitrogens with zero attached hydrogens (tertiary/aromatic N) is 3. The number of alkyl carbamates (subject to hydrolysis) is 1. The van der Waals surface area contributed by atoms with Crippen molar-refractivity contribution in [1.82, 2.24) is 10.2 Å². The van der Waals surface area contributed by atoms with E-state index in [4.69, 9.17) is 21.1 Å². The van der Waals surface area contributed by atoms with E-state index >= 15 is 0 Å². The first-order valence-electron chi connectivity index (χ1n) is 11.9. The Labute approximate surface area is 235 Å². The smallest absolute Gasteiger partial charge is 0.407 e. The zero-order valence-electron chi connectivity index (χ0n) is 20.7. The van der Waals surface area contributed by atoms with Crippen LogP contribution >= 0.6 is 11.6 Å². The van der Waals surface area contributed by atoms with Gasteiger partial charge in [0, 0.05) is 43.1 Å². The standard InChI is InChI=1S/C24H23ClN4O10S/c25-24(40(37)10-9-26-23(32)39-14-16-3-7-18(8-4-16)29(35)36)12-19-11-20(30)27(19)21(24)22(31)38-13-15-1-5-17(6-2-15)28(33)34/h1-8,19,21H,9-14H2,(H,26,32). The van der Waals surface area contributed by atoms with Crippen LogP contribution in [0.25, 0.3) is 0 Å². The van der Waals surface area contributed by atoms with E-state index in [1.54, 1.807) is 0 Å². The number of nitrogens with one attached hydrogen (secondary N) is 1. The maximum absolute atomic E-state index is 13.3. The molecule has 0 radical (unpaired) electrons. The van der Waals surface area contributed by atoms with Crippen molar-refractivity contribution >= 4 is 52.1 Å². The summed E-state index contributed by atoms with van der Waals surface area (Å²) in [4.78, 5) is 59.0. The number of nitro benzene ring substituents is 2. The van der Waals surface area contributed by atoms with Crippen LogP contribution in [-0.4, -0.2) is 65.9 Å². The fourth-order valence-corrected chi connectivity index (χ4v) is 6.51. The van der Waals surface area contributed by atoms with Crippen molar-refractivity contribution in [3.8, 4) is 0 Å². The highest BCUT2D eigenvalue weighted by Crippen LogP contribution is 2.49. The van der Waals surface area contributed by atoms with Gasteiger partial charge in [-0.2, -0.15) is 0 Å². The van der Waals surface area contributed by atoms with Gasteiger partial charge in [0.25, 0.3) is 11.4 Å². The summed E-state index contributed by atoms with van der Waals surface area (Å²) in [6.07, 6.45) is -0.566. The van der Waals surface area contributed by atoms with Crippen LogP contribution in [-0.2, 0) is 43.5 Å². The quantitative estimate of drug-likeness (QED) is 0.101. The maximum atomic E-state index is 13.3. The SMILES string of the molecule is O=C(NCC[S+]([O-])C1(Cl)CC2CC(=O)N2C1C(=O)OCc1ccc([N+](=O)[O-])cc1)OCc1ccc([N+](=O)[O-])cc1. The van der Waals surface area contributed by atoms with Crippen LogP contribution < -0.4 is 5.32 Å². The molecule has 0 spiro atoms. The van der Waals surface area contributed by atoms with E-state index in [0.717, 1.165) is 0 Å². The van der Waals surface area contributed by atoms with Crippen LogP contribution in [0, 0.1) is 20.2 Å². The monoisotopic (exact) mass is 594 g/mol. The van der Waals surface area contributed by atoms with Gasteiger partial charge in [-0.3, -0.25) is 25.0 Å². The zero-order valence-corrected chi connectivity index (χ0v) is 22.3. The number of alkyl halides is 1. The molecule has 4 rings (SSSR count). The third kappa shape index (κ3) is 6.26. The van der Waals surface area contributed by atoms with E-state index in [9.17, 15) is 39.2 Å². The Hall–Kier alpha value is -3.95. The van der Waals surface area contributed by atoms with Crippen LogP contribution in [0.4, 0.5) is 16.2 Å². The number of β-lactam (4-membered cyclic amide) rings is 1. The molecule has 2 amide bonds. The molecule has 14 nitrogen and oxygen atoms in total. The number of rotatable bonds is 11. The second-order valence-corrected chi connectivity index (χ2v) is 11.8. The summed E-state index contributed by atoms with van der Waals surface area (Å²) in [5.74, 6) is -1.32. The zero-order chi connectivity index (χ0) is 29.0. The third-order valence-electron chi connectivity index (χ3n) is 6.50. The topological polar surface area (TPSA) is 194 Å². The molecule has 0 saturated carbocycles. The number of nitro groups is 2. The summed E-state index contributed by atoms with van der Waals surface area (Å²) in [6, 6.07) is 9.15. The molecule has 2 aliphatic rings. The summed E-state index contributed by atoms with van der Waals surface area (Å²) in [5, 5.41) is 24.0. The first kappa shape index (κ1) is 29.0. The number of carbonyl (C=O) groups excluding carboxylic acids is 3. The Morgan fingerprint density at radius 1 is 1.00 bits per heavy atom. The van der Waals surface area contributed by atoms with Gasteiger partial charge >= 0.3 is 12.1 Å². The molecular weight excluding hydrogens is 572 g/mol. The first-order chi connectivity index (χ1) is 19.0. The minimum Gasteiger partial charge on any atom is -0.615 e. The number of non-ortho nitro benzene ring substituents is 2. The molecule has 4 unspecified atom stereocenters. The first-order valence-corrected chi connectivity index (χ1v) is 13.6. The van der Waals surface area contributed by atoms with Gasteiger partial charge in [0.05, 0.1) is 16.4 Å². The van der Waals surface area contributed by atoms with E-state index < -0.39 is 43.3 Å². The van der Waals surface area contributed by atoms with Crippen molar-refractivity contribution in [3.63, 3.8) is 0 Å².